The van der Waals surface area contributed by atoms with Crippen molar-refractivity contribution in [2.45, 2.75) is 6.10 Å². The van der Waals surface area contributed by atoms with Crippen LogP contribution in [-0.4, -0.2) is 50.5 Å². The minimum absolute atomic E-state index is 0.313. The molecule has 0 aliphatic carbocycles. The van der Waals surface area contributed by atoms with Crippen LogP contribution in [0.3, 0.4) is 0 Å². The highest BCUT2D eigenvalue weighted by atomic mass is 35.5. The molecule has 0 bridgehead atoms. The zero-order valence-electron chi connectivity index (χ0n) is 13.7. The van der Waals surface area contributed by atoms with E-state index in [0.717, 1.165) is 38.5 Å². The smallest absolute Gasteiger partial charge is 0.137 e. The Balaban J connectivity index is 1.40. The third-order valence-electron chi connectivity index (χ3n) is 4.37. The summed E-state index contributed by atoms with van der Waals surface area (Å²) in [5.74, 6) is 0.738. The molecule has 3 rings (SSSR count). The normalized spacial score (nSPS) is 16.8. The third kappa shape index (κ3) is 4.87. The molecule has 0 unspecified atom stereocenters. The van der Waals surface area contributed by atoms with Crippen molar-refractivity contribution in [2.75, 3.05) is 44.2 Å². The molecule has 1 atom stereocenters. The number of aliphatic hydroxyl groups is 1. The van der Waals surface area contributed by atoms with Crippen molar-refractivity contribution in [3.05, 3.63) is 59.6 Å². The van der Waals surface area contributed by atoms with Crippen molar-refractivity contribution in [3.63, 3.8) is 0 Å². The van der Waals surface area contributed by atoms with Crippen molar-refractivity contribution in [3.8, 4) is 5.75 Å². The Morgan fingerprint density at radius 1 is 1.04 bits per heavy atom. The largest absolute Gasteiger partial charge is 0.491 e. The number of benzene rings is 2. The standard InChI is InChI=1S/C19H23ClN2O2/c20-16-6-8-19(9-7-16)24-15-18(23)14-21-10-12-22(13-11-21)17-4-2-1-3-5-17/h1-9,18,23H,10-15H2/p+1/t18-/m0/s1. The fourth-order valence-corrected chi connectivity index (χ4v) is 3.17. The van der Waals surface area contributed by atoms with Crippen LogP contribution in [0.4, 0.5) is 5.69 Å². The number of nitrogens with zero attached hydrogens (tertiary/aromatic N) is 1. The van der Waals surface area contributed by atoms with E-state index < -0.39 is 6.10 Å². The first kappa shape index (κ1) is 17.1. The van der Waals surface area contributed by atoms with Gasteiger partial charge in [-0.15, -0.1) is 0 Å². The molecule has 128 valence electrons. The van der Waals surface area contributed by atoms with E-state index in [-0.39, 0.29) is 0 Å². The van der Waals surface area contributed by atoms with Crippen molar-refractivity contribution in [1.29, 1.82) is 0 Å². The van der Waals surface area contributed by atoms with Crippen LogP contribution in [-0.2, 0) is 0 Å². The van der Waals surface area contributed by atoms with Gasteiger partial charge >= 0.3 is 0 Å². The van der Waals surface area contributed by atoms with E-state index in [4.69, 9.17) is 16.3 Å². The Bertz CT molecular complexity index is 613. The van der Waals surface area contributed by atoms with Gasteiger partial charge in [-0.25, -0.2) is 0 Å². The molecule has 1 saturated heterocycles. The second-order valence-corrected chi connectivity index (χ2v) is 6.63. The fourth-order valence-electron chi connectivity index (χ4n) is 3.04. The minimum atomic E-state index is -0.459. The second kappa shape index (κ2) is 8.38. The van der Waals surface area contributed by atoms with Crippen LogP contribution in [0.5, 0.6) is 5.75 Å². The second-order valence-electron chi connectivity index (χ2n) is 6.20. The van der Waals surface area contributed by atoms with Crippen LogP contribution in [0.25, 0.3) is 0 Å². The van der Waals surface area contributed by atoms with Crippen LogP contribution in [0, 0.1) is 0 Å². The summed E-state index contributed by atoms with van der Waals surface area (Å²) < 4.78 is 5.62. The molecule has 1 heterocycles. The van der Waals surface area contributed by atoms with E-state index in [1.807, 2.05) is 18.2 Å². The number of rotatable bonds is 6. The highest BCUT2D eigenvalue weighted by Gasteiger charge is 2.22. The topological polar surface area (TPSA) is 37.1 Å². The number of nitrogens with one attached hydrogen (secondary N) is 1. The number of ether oxygens (including phenoxy) is 1. The van der Waals surface area contributed by atoms with Crippen LogP contribution in [0.15, 0.2) is 54.6 Å². The van der Waals surface area contributed by atoms with Crippen molar-refractivity contribution in [1.82, 2.24) is 0 Å². The van der Waals surface area contributed by atoms with Gasteiger partial charge in [0.2, 0.25) is 0 Å². The molecule has 2 aromatic rings. The number of halogens is 1. The number of anilines is 1. The summed E-state index contributed by atoms with van der Waals surface area (Å²) in [5, 5.41) is 10.9. The zero-order valence-corrected chi connectivity index (χ0v) is 14.5. The Morgan fingerprint density at radius 2 is 1.71 bits per heavy atom. The summed E-state index contributed by atoms with van der Waals surface area (Å²) in [5.41, 5.74) is 1.28. The molecule has 1 aliphatic heterocycles. The van der Waals surface area contributed by atoms with Crippen molar-refractivity contribution < 1.29 is 14.7 Å². The van der Waals surface area contributed by atoms with Crippen molar-refractivity contribution in [2.24, 2.45) is 0 Å². The van der Waals surface area contributed by atoms with E-state index in [1.54, 1.807) is 12.1 Å². The molecular formula is C19H24ClN2O2+. The van der Waals surface area contributed by atoms with Gasteiger partial charge in [-0.2, -0.15) is 0 Å². The first-order valence-electron chi connectivity index (χ1n) is 8.41. The molecule has 1 aliphatic rings. The maximum atomic E-state index is 10.2. The first-order chi connectivity index (χ1) is 11.7. The van der Waals surface area contributed by atoms with E-state index in [0.29, 0.717) is 11.6 Å². The molecule has 1 fully saturated rings. The van der Waals surface area contributed by atoms with Gasteiger partial charge in [0.05, 0.1) is 26.2 Å². The van der Waals surface area contributed by atoms with Crippen LogP contribution < -0.4 is 14.5 Å². The van der Waals surface area contributed by atoms with Crippen LogP contribution in [0.1, 0.15) is 0 Å². The lowest BCUT2D eigenvalue weighted by Gasteiger charge is -2.34. The Morgan fingerprint density at radius 3 is 2.38 bits per heavy atom. The van der Waals surface area contributed by atoms with E-state index in [2.05, 4.69) is 29.2 Å². The van der Waals surface area contributed by atoms with Gasteiger partial charge in [0.1, 0.15) is 25.0 Å². The van der Waals surface area contributed by atoms with Gasteiger partial charge in [-0.1, -0.05) is 29.8 Å². The van der Waals surface area contributed by atoms with Crippen LogP contribution >= 0.6 is 11.6 Å². The van der Waals surface area contributed by atoms with Gasteiger partial charge in [-0.05, 0) is 36.4 Å². The summed E-state index contributed by atoms with van der Waals surface area (Å²) in [4.78, 5) is 3.83. The van der Waals surface area contributed by atoms with Gasteiger partial charge in [-0.3, -0.25) is 0 Å². The molecule has 0 saturated carbocycles. The zero-order chi connectivity index (χ0) is 16.8. The highest BCUT2D eigenvalue weighted by Crippen LogP contribution is 2.15. The minimum Gasteiger partial charge on any atom is -0.491 e. The molecule has 0 aromatic heterocycles. The monoisotopic (exact) mass is 347 g/mol. The van der Waals surface area contributed by atoms with Gasteiger partial charge < -0.3 is 19.6 Å². The molecule has 0 radical (unpaired) electrons. The predicted molar refractivity (Wildman–Crippen MR) is 97.2 cm³/mol. The quantitative estimate of drug-likeness (QED) is 0.831. The number of hydrogen-bond donors (Lipinski definition) is 2. The van der Waals surface area contributed by atoms with Gasteiger partial charge in [0, 0.05) is 10.7 Å². The maximum Gasteiger partial charge on any atom is 0.137 e. The number of para-hydroxylation sites is 1. The van der Waals surface area contributed by atoms with E-state index in [9.17, 15) is 5.11 Å². The number of aliphatic hydroxyl groups excluding tert-OH is 1. The SMILES string of the molecule is O[C@H](COc1ccc(Cl)cc1)C[NH+]1CCN(c2ccccc2)CC1. The molecule has 4 nitrogen and oxygen atoms in total. The predicted octanol–water partition coefficient (Wildman–Crippen LogP) is 1.48. The van der Waals surface area contributed by atoms with E-state index >= 15 is 0 Å². The third-order valence-corrected chi connectivity index (χ3v) is 4.62. The average Bonchev–Trinajstić information content (AvgIpc) is 2.63. The Labute approximate surface area is 148 Å². The molecule has 0 amide bonds. The fraction of sp³-hybridized carbons (Fsp3) is 0.368. The Kier molecular flexibility index (Phi) is 5.96. The van der Waals surface area contributed by atoms with Crippen molar-refractivity contribution >= 4 is 17.3 Å². The summed E-state index contributed by atoms with van der Waals surface area (Å²) in [7, 11) is 0. The summed E-state index contributed by atoms with van der Waals surface area (Å²) >= 11 is 5.85. The average molecular weight is 348 g/mol. The van der Waals surface area contributed by atoms with Gasteiger partial charge in [0.15, 0.2) is 0 Å². The summed E-state index contributed by atoms with van der Waals surface area (Å²) in [6.07, 6.45) is -0.459. The lowest BCUT2D eigenvalue weighted by atomic mass is 10.2. The molecule has 2 N–H and O–H groups in total. The molecule has 0 spiro atoms. The summed E-state index contributed by atoms with van der Waals surface area (Å²) in [6.45, 7) is 5.14. The summed E-state index contributed by atoms with van der Waals surface area (Å²) in [6, 6.07) is 17.7. The molecular weight excluding hydrogens is 324 g/mol. The lowest BCUT2D eigenvalue weighted by molar-refractivity contribution is -0.903. The molecule has 24 heavy (non-hydrogen) atoms. The number of hydrogen-bond acceptors (Lipinski definition) is 3. The highest BCUT2D eigenvalue weighted by molar-refractivity contribution is 6.30. The number of quaternary nitrogens is 1. The maximum absolute atomic E-state index is 10.2. The Hall–Kier alpha value is -1.75. The molecule has 2 aromatic carbocycles. The number of piperazine rings is 1. The first-order valence-corrected chi connectivity index (χ1v) is 8.78. The van der Waals surface area contributed by atoms with E-state index in [1.165, 1.54) is 10.6 Å². The van der Waals surface area contributed by atoms with Gasteiger partial charge in [0.25, 0.3) is 0 Å². The molecule has 5 heteroatoms. The van der Waals surface area contributed by atoms with Crippen LogP contribution in [0.2, 0.25) is 5.02 Å². The lowest BCUT2D eigenvalue weighted by Crippen LogP contribution is -3.16.